The molecule has 2 aliphatic heterocycles. The van der Waals surface area contributed by atoms with Crippen molar-refractivity contribution in [3.63, 3.8) is 0 Å². The first-order valence-electron chi connectivity index (χ1n) is 12.3. The third-order valence-electron chi connectivity index (χ3n) is 7.55. The fourth-order valence-electron chi connectivity index (χ4n) is 5.64. The summed E-state index contributed by atoms with van der Waals surface area (Å²) in [5.41, 5.74) is 3.47. The lowest BCUT2D eigenvalue weighted by molar-refractivity contribution is -0.140. The van der Waals surface area contributed by atoms with E-state index in [1.54, 1.807) is 0 Å². The van der Waals surface area contributed by atoms with Gasteiger partial charge in [-0.1, -0.05) is 24.4 Å². The van der Waals surface area contributed by atoms with Crippen LogP contribution in [-0.2, 0) is 22.6 Å². The van der Waals surface area contributed by atoms with Crippen LogP contribution in [-0.4, -0.2) is 58.2 Å². The maximum absolute atomic E-state index is 12.9. The summed E-state index contributed by atoms with van der Waals surface area (Å²) in [6, 6.07) is 4.26. The molecule has 1 aromatic carbocycles. The van der Waals surface area contributed by atoms with E-state index in [0.29, 0.717) is 34.8 Å². The van der Waals surface area contributed by atoms with Gasteiger partial charge in [0.2, 0.25) is 5.91 Å². The Hall–Kier alpha value is -1.04. The molecule has 4 nitrogen and oxygen atoms in total. The number of hydrogen-bond donors (Lipinski definition) is 0. The quantitative estimate of drug-likeness (QED) is 0.537. The summed E-state index contributed by atoms with van der Waals surface area (Å²) < 4.78 is 0. The highest BCUT2D eigenvalue weighted by Crippen LogP contribution is 2.31. The van der Waals surface area contributed by atoms with Crippen molar-refractivity contribution >= 4 is 35.1 Å². The van der Waals surface area contributed by atoms with Gasteiger partial charge in [0.1, 0.15) is 5.78 Å². The predicted molar refractivity (Wildman–Crippen MR) is 133 cm³/mol. The number of ketones is 1. The summed E-state index contributed by atoms with van der Waals surface area (Å²) in [6.07, 6.45) is 8.09. The van der Waals surface area contributed by atoms with Crippen molar-refractivity contribution in [1.82, 2.24) is 9.80 Å². The lowest BCUT2D eigenvalue weighted by Crippen LogP contribution is -2.54. The second-order valence-electron chi connectivity index (χ2n) is 10.0. The van der Waals surface area contributed by atoms with E-state index in [9.17, 15) is 9.59 Å². The van der Waals surface area contributed by atoms with Crippen LogP contribution < -0.4 is 0 Å². The van der Waals surface area contributed by atoms with Crippen molar-refractivity contribution in [2.45, 2.75) is 83.1 Å². The highest BCUT2D eigenvalue weighted by molar-refractivity contribution is 8.00. The number of carbonyl (C=O) groups excluding carboxylic acids is 2. The van der Waals surface area contributed by atoms with E-state index in [4.69, 9.17) is 11.6 Å². The van der Waals surface area contributed by atoms with Gasteiger partial charge in [-0.2, -0.15) is 11.8 Å². The number of piperazine rings is 1. The zero-order chi connectivity index (χ0) is 22.7. The minimum Gasteiger partial charge on any atom is -0.337 e. The largest absolute Gasteiger partial charge is 0.337 e. The summed E-state index contributed by atoms with van der Waals surface area (Å²) in [5.74, 6) is 2.14. The molecule has 3 aliphatic rings. The smallest absolute Gasteiger partial charge is 0.226 e. The maximum Gasteiger partial charge on any atom is 0.226 e. The first-order valence-corrected chi connectivity index (χ1v) is 13.8. The fraction of sp³-hybridized carbons (Fsp3) is 0.692. The lowest BCUT2D eigenvalue weighted by atomic mass is 9.96. The summed E-state index contributed by atoms with van der Waals surface area (Å²) in [4.78, 5) is 30.1. The van der Waals surface area contributed by atoms with Crippen molar-refractivity contribution in [2.75, 3.05) is 25.4 Å². The van der Waals surface area contributed by atoms with Crippen LogP contribution in [0.1, 0.15) is 68.6 Å². The zero-order valence-electron chi connectivity index (χ0n) is 19.6. The molecule has 0 aromatic heterocycles. The van der Waals surface area contributed by atoms with Gasteiger partial charge in [0.15, 0.2) is 0 Å². The van der Waals surface area contributed by atoms with Crippen LogP contribution >= 0.6 is 23.4 Å². The monoisotopic (exact) mass is 476 g/mol. The molecule has 0 bridgehead atoms. The average molecular weight is 477 g/mol. The van der Waals surface area contributed by atoms with Crippen LogP contribution in [0.3, 0.4) is 0 Å². The topological polar surface area (TPSA) is 40.6 Å². The standard InChI is InChI=1S/C26H37ClN2O2S/c1-18-16-28(9-10-29(18)26(31)20-6-3-4-7-20)17-22-13-23(27)12-21(19(22)2)14-24(30)15-25-8-5-11-32-25/h12-13,18,20,25H,3-11,14-17H2,1-2H3/t18-,25?/m0/s1. The Morgan fingerprint density at radius 2 is 1.84 bits per heavy atom. The van der Waals surface area contributed by atoms with Gasteiger partial charge in [-0.3, -0.25) is 14.5 Å². The minimum atomic E-state index is 0.237. The van der Waals surface area contributed by atoms with E-state index < -0.39 is 0 Å². The fourth-order valence-corrected chi connectivity index (χ4v) is 7.21. The molecule has 1 aromatic rings. The summed E-state index contributed by atoms with van der Waals surface area (Å²) in [6.45, 7) is 7.71. The number of benzene rings is 1. The number of thioether (sulfide) groups is 1. The summed E-state index contributed by atoms with van der Waals surface area (Å²) in [5, 5.41) is 1.22. The third kappa shape index (κ3) is 5.90. The third-order valence-corrected chi connectivity index (χ3v) is 9.16. The highest BCUT2D eigenvalue weighted by Gasteiger charge is 2.33. The number of Topliss-reactive ketones (excluding diaryl/α,β-unsaturated/α-hetero) is 1. The van der Waals surface area contributed by atoms with Crippen molar-refractivity contribution in [2.24, 2.45) is 5.92 Å². The zero-order valence-corrected chi connectivity index (χ0v) is 21.1. The number of hydrogen-bond acceptors (Lipinski definition) is 4. The van der Waals surface area contributed by atoms with E-state index >= 15 is 0 Å². The first-order chi connectivity index (χ1) is 15.4. The molecule has 2 atom stereocenters. The van der Waals surface area contributed by atoms with Gasteiger partial charge < -0.3 is 4.90 Å². The number of carbonyl (C=O) groups is 2. The minimum absolute atomic E-state index is 0.237. The van der Waals surface area contributed by atoms with Crippen LogP contribution in [0.25, 0.3) is 0 Å². The van der Waals surface area contributed by atoms with Crippen molar-refractivity contribution in [1.29, 1.82) is 0 Å². The van der Waals surface area contributed by atoms with Crippen molar-refractivity contribution in [3.05, 3.63) is 33.8 Å². The van der Waals surface area contributed by atoms with Crippen LogP contribution in [0.2, 0.25) is 5.02 Å². The van der Waals surface area contributed by atoms with E-state index in [-0.39, 0.29) is 12.0 Å². The molecular weight excluding hydrogens is 440 g/mol. The molecule has 6 heteroatoms. The van der Waals surface area contributed by atoms with E-state index in [0.717, 1.165) is 44.6 Å². The average Bonchev–Trinajstić information content (AvgIpc) is 3.45. The molecule has 2 heterocycles. The Balaban J connectivity index is 1.36. The second-order valence-corrected chi connectivity index (χ2v) is 11.8. The molecule has 1 saturated carbocycles. The Labute approximate surface area is 202 Å². The Bertz CT molecular complexity index is 833. The summed E-state index contributed by atoms with van der Waals surface area (Å²) in [7, 11) is 0. The van der Waals surface area contributed by atoms with Gasteiger partial charge in [-0.25, -0.2) is 0 Å². The SMILES string of the molecule is Cc1c(CC(=O)CC2CCCS2)cc(Cl)cc1CN1CCN(C(=O)C2CCCC2)[C@@H](C)C1. The van der Waals surface area contributed by atoms with Crippen LogP contribution in [0.4, 0.5) is 0 Å². The van der Waals surface area contributed by atoms with Crippen LogP contribution in [0.5, 0.6) is 0 Å². The Morgan fingerprint density at radius 3 is 2.53 bits per heavy atom. The van der Waals surface area contributed by atoms with E-state index in [1.807, 2.05) is 17.8 Å². The molecule has 0 N–H and O–H groups in total. The molecule has 32 heavy (non-hydrogen) atoms. The van der Waals surface area contributed by atoms with Gasteiger partial charge in [0, 0.05) is 61.3 Å². The van der Waals surface area contributed by atoms with Gasteiger partial charge in [-0.05, 0) is 74.1 Å². The molecule has 0 spiro atoms. The molecule has 1 amide bonds. The van der Waals surface area contributed by atoms with Gasteiger partial charge >= 0.3 is 0 Å². The molecule has 1 unspecified atom stereocenters. The number of nitrogens with zero attached hydrogens (tertiary/aromatic N) is 2. The predicted octanol–water partition coefficient (Wildman–Crippen LogP) is 5.27. The van der Waals surface area contributed by atoms with Gasteiger partial charge in [-0.15, -0.1) is 0 Å². The van der Waals surface area contributed by atoms with Crippen LogP contribution in [0, 0.1) is 12.8 Å². The first kappa shape index (κ1) is 24.1. The maximum atomic E-state index is 12.9. The molecule has 1 aliphatic carbocycles. The molecule has 3 fully saturated rings. The van der Waals surface area contributed by atoms with Gasteiger partial charge in [0.05, 0.1) is 0 Å². The second kappa shape index (κ2) is 10.9. The van der Waals surface area contributed by atoms with E-state index in [1.165, 1.54) is 42.6 Å². The van der Waals surface area contributed by atoms with Crippen LogP contribution in [0.15, 0.2) is 12.1 Å². The van der Waals surface area contributed by atoms with E-state index in [2.05, 4.69) is 29.7 Å². The number of halogens is 1. The van der Waals surface area contributed by atoms with Gasteiger partial charge in [0.25, 0.3) is 0 Å². The number of amides is 1. The Morgan fingerprint density at radius 1 is 1.09 bits per heavy atom. The molecular formula is C26H37ClN2O2S. The highest BCUT2D eigenvalue weighted by atomic mass is 35.5. The lowest BCUT2D eigenvalue weighted by Gasteiger charge is -2.41. The Kier molecular flexibility index (Phi) is 8.23. The molecule has 4 rings (SSSR count). The normalized spacial score (nSPS) is 24.9. The molecule has 176 valence electrons. The molecule has 0 radical (unpaired) electrons. The number of rotatable bonds is 7. The molecule has 2 saturated heterocycles. The van der Waals surface area contributed by atoms with Crippen molar-refractivity contribution in [3.8, 4) is 0 Å². The van der Waals surface area contributed by atoms with Crippen molar-refractivity contribution < 1.29 is 9.59 Å². The summed E-state index contributed by atoms with van der Waals surface area (Å²) >= 11 is 8.42.